The Morgan fingerprint density at radius 2 is 1.35 bits per heavy atom. The van der Waals surface area contributed by atoms with Gasteiger partial charge in [0.2, 0.25) is 5.91 Å². The molecule has 2 aromatic carbocycles. The third-order valence-electron chi connectivity index (χ3n) is 7.03. The fourth-order valence-electron chi connectivity index (χ4n) is 4.23. The highest BCUT2D eigenvalue weighted by Gasteiger charge is 2.29. The van der Waals surface area contributed by atoms with Crippen LogP contribution in [0.2, 0.25) is 0 Å². The molecule has 1 fully saturated rings. The van der Waals surface area contributed by atoms with Crippen LogP contribution in [0.5, 0.6) is 11.5 Å². The maximum Gasteiger partial charge on any atom is 0.264 e. The second kappa shape index (κ2) is 21.5. The average Bonchev–Trinajstić information content (AvgIpc) is 3.85. The van der Waals surface area contributed by atoms with Gasteiger partial charge in [-0.25, -0.2) is 0 Å². The zero-order valence-electron chi connectivity index (χ0n) is 33.6. The summed E-state index contributed by atoms with van der Waals surface area (Å²) in [6.07, 6.45) is 2.72. The summed E-state index contributed by atoms with van der Waals surface area (Å²) in [4.78, 5) is 13.0. The molecule has 1 unspecified atom stereocenters. The molecule has 0 spiro atoms. The number of rotatable bonds is 12. The predicted molar refractivity (Wildman–Crippen MR) is 208 cm³/mol. The fourth-order valence-corrected chi connectivity index (χ4v) is 5.14. The van der Waals surface area contributed by atoms with Crippen LogP contribution in [0.1, 0.15) is 101 Å². The van der Waals surface area contributed by atoms with E-state index in [2.05, 4.69) is 79.9 Å². The molecule has 51 heavy (non-hydrogen) atoms. The highest BCUT2D eigenvalue weighted by atomic mass is 32.2. The number of nitrogens with one attached hydrogen (secondary N) is 1. The SMILES string of the molecule is C=CC(=O)NC(C)(C)C.CC(C)(C)N1CC1.CC(C)(C)OS(C)(=O)=O.CC(CO)COc1ccc(C(C)(C)c2ccc(OCCCF)cc2)cc1. The Balaban J connectivity index is 0.000000810. The molecule has 0 aliphatic carbocycles. The first kappa shape index (κ1) is 48.0. The predicted octanol–water partition coefficient (Wildman–Crippen LogP) is 7.71. The number of hydrogen-bond acceptors (Lipinski definition) is 8. The minimum atomic E-state index is -3.28. The number of carbonyl (C=O) groups is 1. The summed E-state index contributed by atoms with van der Waals surface area (Å²) in [5.41, 5.74) is 1.90. The number of carbonyl (C=O) groups excluding carboxylic acids is 1. The Kier molecular flexibility index (Phi) is 20.3. The number of halogens is 1. The first-order valence-electron chi connectivity index (χ1n) is 17.5. The monoisotopic (exact) mass is 738 g/mol. The summed E-state index contributed by atoms with van der Waals surface area (Å²) < 4.78 is 48.8. The standard InChI is InChI=1S/C22H29FO3.C7H13NO.C6H13N.C5H12O3S/c1-17(15-24)16-26-21-11-7-19(8-12-21)22(2,3)18-5-9-20(10-6-18)25-14-4-13-23;1-5-6(9)8-7(2,3)4;1-6(2,3)7-4-5-7;1-5(2,3)8-9(4,6)7/h5-12,17,24H,4,13-16H2,1-3H3;5H,1H2,2-4H3,(H,8,9);4-5H2,1-3H3;1-4H3. The molecule has 0 radical (unpaired) electrons. The lowest BCUT2D eigenvalue weighted by Crippen LogP contribution is -2.39. The smallest absolute Gasteiger partial charge is 0.264 e. The Morgan fingerprint density at radius 1 is 0.902 bits per heavy atom. The molecule has 1 amide bonds. The third kappa shape index (κ3) is 24.0. The van der Waals surface area contributed by atoms with Crippen molar-refractivity contribution in [2.24, 2.45) is 5.92 Å². The van der Waals surface area contributed by atoms with Crippen molar-refractivity contribution >= 4 is 16.0 Å². The highest BCUT2D eigenvalue weighted by molar-refractivity contribution is 7.86. The van der Waals surface area contributed by atoms with Crippen LogP contribution in [0, 0.1) is 5.92 Å². The minimum Gasteiger partial charge on any atom is -0.494 e. The van der Waals surface area contributed by atoms with E-state index in [1.54, 1.807) is 20.8 Å². The lowest BCUT2D eigenvalue weighted by molar-refractivity contribution is -0.117. The van der Waals surface area contributed by atoms with Gasteiger partial charge in [-0.2, -0.15) is 8.42 Å². The lowest BCUT2D eigenvalue weighted by Gasteiger charge is -2.26. The van der Waals surface area contributed by atoms with Crippen LogP contribution in [0.3, 0.4) is 0 Å². The number of aliphatic hydroxyl groups excluding tert-OH is 1. The molecule has 0 bridgehead atoms. The van der Waals surface area contributed by atoms with Gasteiger partial charge >= 0.3 is 0 Å². The molecule has 292 valence electrons. The molecule has 0 saturated carbocycles. The summed E-state index contributed by atoms with van der Waals surface area (Å²) in [5.74, 6) is 1.57. The number of benzene rings is 2. The highest BCUT2D eigenvalue weighted by Crippen LogP contribution is 2.33. The minimum absolute atomic E-state index is 0.122. The van der Waals surface area contributed by atoms with Crippen LogP contribution >= 0.6 is 0 Å². The molecule has 9 nitrogen and oxygen atoms in total. The summed E-state index contributed by atoms with van der Waals surface area (Å²) in [6.45, 7) is 30.5. The van der Waals surface area contributed by atoms with Gasteiger partial charge in [0.05, 0.1) is 31.7 Å². The van der Waals surface area contributed by atoms with Crippen molar-refractivity contribution in [3.63, 3.8) is 0 Å². The summed E-state index contributed by atoms with van der Waals surface area (Å²) in [7, 11) is -3.28. The van der Waals surface area contributed by atoms with E-state index in [1.165, 1.54) is 30.3 Å². The molecular formula is C40H67FN2O7S. The fraction of sp³-hybridized carbons (Fsp3) is 0.625. The maximum atomic E-state index is 12.1. The van der Waals surface area contributed by atoms with Crippen molar-refractivity contribution in [3.05, 3.63) is 72.3 Å². The van der Waals surface area contributed by atoms with E-state index in [-0.39, 0.29) is 36.1 Å². The molecule has 11 heteroatoms. The molecule has 1 heterocycles. The van der Waals surface area contributed by atoms with E-state index >= 15 is 0 Å². The second-order valence-electron chi connectivity index (χ2n) is 16.2. The van der Waals surface area contributed by atoms with Crippen molar-refractivity contribution in [3.8, 4) is 11.5 Å². The Hall–Kier alpha value is -2.99. The lowest BCUT2D eigenvalue weighted by atomic mass is 9.78. The van der Waals surface area contributed by atoms with Crippen molar-refractivity contribution in [2.75, 3.05) is 45.8 Å². The third-order valence-corrected chi connectivity index (χ3v) is 7.83. The summed E-state index contributed by atoms with van der Waals surface area (Å²) in [5, 5.41) is 11.8. The van der Waals surface area contributed by atoms with E-state index in [0.717, 1.165) is 17.8 Å². The molecule has 1 aliphatic heterocycles. The molecule has 1 atom stereocenters. The van der Waals surface area contributed by atoms with E-state index < -0.39 is 15.7 Å². The van der Waals surface area contributed by atoms with E-state index in [1.807, 2.05) is 52.0 Å². The van der Waals surface area contributed by atoms with Gasteiger partial charge in [0.25, 0.3) is 10.1 Å². The number of alkyl halides is 1. The molecule has 1 aliphatic rings. The zero-order valence-corrected chi connectivity index (χ0v) is 34.4. The molecule has 3 rings (SSSR count). The molecule has 0 aromatic heterocycles. The van der Waals surface area contributed by atoms with Gasteiger partial charge in [0.1, 0.15) is 11.5 Å². The van der Waals surface area contributed by atoms with Crippen molar-refractivity contribution in [2.45, 2.75) is 112 Å². The molecule has 1 saturated heterocycles. The normalized spacial score (nSPS) is 13.9. The van der Waals surface area contributed by atoms with Gasteiger partial charge in [0, 0.05) is 48.5 Å². The molecular weight excluding hydrogens is 672 g/mol. The quantitative estimate of drug-likeness (QED) is 0.0986. The van der Waals surface area contributed by atoms with Crippen molar-refractivity contribution in [1.82, 2.24) is 10.2 Å². The summed E-state index contributed by atoms with van der Waals surface area (Å²) in [6, 6.07) is 16.1. The largest absolute Gasteiger partial charge is 0.494 e. The number of amides is 1. The van der Waals surface area contributed by atoms with Crippen LogP contribution < -0.4 is 14.8 Å². The van der Waals surface area contributed by atoms with Crippen LogP contribution in [0.25, 0.3) is 0 Å². The first-order chi connectivity index (χ1) is 23.2. The van der Waals surface area contributed by atoms with E-state index in [9.17, 15) is 17.6 Å². The maximum absolute atomic E-state index is 12.1. The van der Waals surface area contributed by atoms with Gasteiger partial charge < -0.3 is 19.9 Å². The average molecular weight is 739 g/mol. The van der Waals surface area contributed by atoms with E-state index in [0.29, 0.717) is 25.2 Å². The van der Waals surface area contributed by atoms with Crippen LogP contribution in [0.4, 0.5) is 4.39 Å². The topological polar surface area (TPSA) is 114 Å². The van der Waals surface area contributed by atoms with Crippen LogP contribution in [0.15, 0.2) is 61.2 Å². The van der Waals surface area contributed by atoms with Gasteiger partial charge in [-0.3, -0.25) is 18.3 Å². The Morgan fingerprint density at radius 3 is 1.61 bits per heavy atom. The van der Waals surface area contributed by atoms with Crippen LogP contribution in [-0.2, 0) is 24.5 Å². The van der Waals surface area contributed by atoms with Crippen LogP contribution in [-0.4, -0.2) is 86.9 Å². The second-order valence-corrected chi connectivity index (χ2v) is 17.7. The van der Waals surface area contributed by atoms with Gasteiger partial charge in [-0.1, -0.05) is 51.6 Å². The van der Waals surface area contributed by atoms with Crippen molar-refractivity contribution < 1.29 is 36.4 Å². The Bertz CT molecular complexity index is 1390. The first-order valence-corrected chi connectivity index (χ1v) is 19.3. The van der Waals surface area contributed by atoms with Crippen molar-refractivity contribution in [1.29, 1.82) is 0 Å². The van der Waals surface area contributed by atoms with E-state index in [4.69, 9.17) is 14.6 Å². The number of nitrogens with zero attached hydrogens (tertiary/aromatic N) is 1. The molecule has 2 aromatic rings. The summed E-state index contributed by atoms with van der Waals surface area (Å²) >= 11 is 0. The number of aliphatic hydroxyl groups is 1. The zero-order chi connectivity index (χ0) is 39.7. The van der Waals surface area contributed by atoms with Gasteiger partial charge in [0.15, 0.2) is 0 Å². The van der Waals surface area contributed by atoms with Gasteiger partial charge in [-0.15, -0.1) is 0 Å². The molecule has 2 N–H and O–H groups in total. The van der Waals surface area contributed by atoms with Gasteiger partial charge in [-0.05, 0) is 104 Å². The number of hydrogen-bond donors (Lipinski definition) is 2. The Labute approximate surface area is 309 Å². The number of ether oxygens (including phenoxy) is 2.